The third kappa shape index (κ3) is 3.13. The SMILES string of the molecule is CCCNC(CC1Cc2ccccc21)c1ccnc(C)n1. The van der Waals surface area contributed by atoms with E-state index in [1.54, 1.807) is 0 Å². The number of nitrogens with one attached hydrogen (secondary N) is 1. The third-order valence-corrected chi connectivity index (χ3v) is 4.28. The van der Waals surface area contributed by atoms with Crippen LogP contribution in [0, 0.1) is 6.92 Å². The van der Waals surface area contributed by atoms with E-state index in [4.69, 9.17) is 0 Å². The van der Waals surface area contributed by atoms with E-state index in [1.807, 2.05) is 19.2 Å². The summed E-state index contributed by atoms with van der Waals surface area (Å²) < 4.78 is 0. The quantitative estimate of drug-likeness (QED) is 0.880. The van der Waals surface area contributed by atoms with Crippen molar-refractivity contribution in [3.63, 3.8) is 0 Å². The molecule has 0 saturated heterocycles. The van der Waals surface area contributed by atoms with Crippen LogP contribution in [-0.4, -0.2) is 16.5 Å². The van der Waals surface area contributed by atoms with E-state index in [0.29, 0.717) is 12.0 Å². The van der Waals surface area contributed by atoms with E-state index in [2.05, 4.69) is 46.5 Å². The van der Waals surface area contributed by atoms with Crippen LogP contribution >= 0.6 is 0 Å². The van der Waals surface area contributed by atoms with Gasteiger partial charge >= 0.3 is 0 Å². The van der Waals surface area contributed by atoms with Gasteiger partial charge in [-0.05, 0) is 55.8 Å². The summed E-state index contributed by atoms with van der Waals surface area (Å²) >= 11 is 0. The molecule has 0 radical (unpaired) electrons. The highest BCUT2D eigenvalue weighted by atomic mass is 15.0. The van der Waals surface area contributed by atoms with Gasteiger partial charge in [-0.15, -0.1) is 0 Å². The Morgan fingerprint density at radius 2 is 2.14 bits per heavy atom. The Bertz CT molecular complexity index is 609. The lowest BCUT2D eigenvalue weighted by Gasteiger charge is -2.33. The van der Waals surface area contributed by atoms with E-state index >= 15 is 0 Å². The number of aromatic nitrogens is 2. The van der Waals surface area contributed by atoms with Crippen LogP contribution in [0.3, 0.4) is 0 Å². The molecule has 1 aromatic heterocycles. The summed E-state index contributed by atoms with van der Waals surface area (Å²) in [5, 5.41) is 3.65. The van der Waals surface area contributed by atoms with Gasteiger partial charge in [-0.1, -0.05) is 31.2 Å². The summed E-state index contributed by atoms with van der Waals surface area (Å²) in [6.45, 7) is 5.19. The third-order valence-electron chi connectivity index (χ3n) is 4.28. The van der Waals surface area contributed by atoms with E-state index in [-0.39, 0.29) is 0 Å². The molecule has 0 saturated carbocycles. The summed E-state index contributed by atoms with van der Waals surface area (Å²) in [6.07, 6.45) is 5.33. The van der Waals surface area contributed by atoms with Crippen molar-refractivity contribution in [2.24, 2.45) is 0 Å². The molecule has 1 heterocycles. The zero-order valence-electron chi connectivity index (χ0n) is 12.8. The Kier molecular flexibility index (Phi) is 4.30. The molecule has 2 aromatic rings. The average molecular weight is 281 g/mol. The maximum absolute atomic E-state index is 4.62. The molecule has 1 aliphatic rings. The van der Waals surface area contributed by atoms with Gasteiger partial charge in [0, 0.05) is 6.20 Å². The molecular weight excluding hydrogens is 258 g/mol. The molecule has 0 aliphatic heterocycles. The minimum Gasteiger partial charge on any atom is -0.309 e. The lowest BCUT2D eigenvalue weighted by molar-refractivity contribution is 0.420. The number of rotatable bonds is 6. The maximum atomic E-state index is 4.62. The molecule has 0 fully saturated rings. The van der Waals surface area contributed by atoms with Crippen LogP contribution in [0.1, 0.15) is 54.4 Å². The van der Waals surface area contributed by atoms with Gasteiger partial charge in [-0.2, -0.15) is 0 Å². The predicted molar refractivity (Wildman–Crippen MR) is 85.3 cm³/mol. The lowest BCUT2D eigenvalue weighted by Crippen LogP contribution is -2.28. The smallest absolute Gasteiger partial charge is 0.125 e. The standard InChI is InChI=1S/C18H23N3/c1-3-9-20-18(17-8-10-19-13(2)21-17)12-15-11-14-6-4-5-7-16(14)15/h4-8,10,15,18,20H,3,9,11-12H2,1-2H3. The highest BCUT2D eigenvalue weighted by molar-refractivity contribution is 5.40. The Morgan fingerprint density at radius 3 is 2.90 bits per heavy atom. The summed E-state index contributed by atoms with van der Waals surface area (Å²) in [5.74, 6) is 1.51. The van der Waals surface area contributed by atoms with Gasteiger partial charge < -0.3 is 5.32 Å². The normalized spacial score (nSPS) is 17.9. The van der Waals surface area contributed by atoms with E-state index < -0.39 is 0 Å². The Hall–Kier alpha value is -1.74. The van der Waals surface area contributed by atoms with Crippen molar-refractivity contribution in [3.05, 3.63) is 59.2 Å². The van der Waals surface area contributed by atoms with Gasteiger partial charge in [0.25, 0.3) is 0 Å². The fourth-order valence-electron chi connectivity index (χ4n) is 3.15. The van der Waals surface area contributed by atoms with Gasteiger partial charge in [0.05, 0.1) is 11.7 Å². The molecule has 0 spiro atoms. The molecule has 0 amide bonds. The second-order valence-corrected chi connectivity index (χ2v) is 5.87. The van der Waals surface area contributed by atoms with Gasteiger partial charge in [0.1, 0.15) is 5.82 Å². The number of nitrogens with zero attached hydrogens (tertiary/aromatic N) is 2. The van der Waals surface area contributed by atoms with Gasteiger partial charge in [-0.3, -0.25) is 0 Å². The number of benzene rings is 1. The Morgan fingerprint density at radius 1 is 1.29 bits per heavy atom. The van der Waals surface area contributed by atoms with Crippen LogP contribution in [0.15, 0.2) is 36.5 Å². The molecule has 2 unspecified atom stereocenters. The van der Waals surface area contributed by atoms with Crippen molar-refractivity contribution in [1.82, 2.24) is 15.3 Å². The molecule has 2 atom stereocenters. The Balaban J connectivity index is 1.75. The molecule has 3 heteroatoms. The summed E-state index contributed by atoms with van der Waals surface area (Å²) in [6, 6.07) is 11.2. The van der Waals surface area contributed by atoms with E-state index in [0.717, 1.165) is 30.9 Å². The molecule has 1 aromatic carbocycles. The van der Waals surface area contributed by atoms with Crippen LogP contribution in [0.4, 0.5) is 0 Å². The lowest BCUT2D eigenvalue weighted by atomic mass is 9.74. The number of hydrogen-bond donors (Lipinski definition) is 1. The largest absolute Gasteiger partial charge is 0.309 e. The van der Waals surface area contributed by atoms with Crippen LogP contribution in [0.5, 0.6) is 0 Å². The first-order valence-corrected chi connectivity index (χ1v) is 7.88. The molecular formula is C18H23N3. The van der Waals surface area contributed by atoms with Crippen LogP contribution in [-0.2, 0) is 6.42 Å². The fraction of sp³-hybridized carbons (Fsp3) is 0.444. The monoisotopic (exact) mass is 281 g/mol. The summed E-state index contributed by atoms with van der Waals surface area (Å²) in [4.78, 5) is 8.83. The van der Waals surface area contributed by atoms with E-state index in [9.17, 15) is 0 Å². The predicted octanol–water partition coefficient (Wildman–Crippen LogP) is 3.56. The molecule has 110 valence electrons. The highest BCUT2D eigenvalue weighted by Gasteiger charge is 2.28. The molecule has 3 nitrogen and oxygen atoms in total. The van der Waals surface area contributed by atoms with Crippen molar-refractivity contribution in [2.45, 2.75) is 45.1 Å². The van der Waals surface area contributed by atoms with Gasteiger partial charge in [-0.25, -0.2) is 9.97 Å². The van der Waals surface area contributed by atoms with Crippen molar-refractivity contribution < 1.29 is 0 Å². The molecule has 21 heavy (non-hydrogen) atoms. The summed E-state index contributed by atoms with van der Waals surface area (Å²) in [7, 11) is 0. The zero-order chi connectivity index (χ0) is 14.7. The van der Waals surface area contributed by atoms with Gasteiger partial charge in [0.2, 0.25) is 0 Å². The average Bonchev–Trinajstić information content (AvgIpc) is 2.48. The van der Waals surface area contributed by atoms with Crippen molar-refractivity contribution in [3.8, 4) is 0 Å². The Labute approximate surface area is 126 Å². The summed E-state index contributed by atoms with van der Waals surface area (Å²) in [5.41, 5.74) is 4.16. The molecule has 1 aliphatic carbocycles. The molecule has 1 N–H and O–H groups in total. The highest BCUT2D eigenvalue weighted by Crippen LogP contribution is 2.40. The van der Waals surface area contributed by atoms with E-state index in [1.165, 1.54) is 17.5 Å². The van der Waals surface area contributed by atoms with Crippen molar-refractivity contribution >= 4 is 0 Å². The minimum absolute atomic E-state index is 0.324. The number of hydrogen-bond acceptors (Lipinski definition) is 3. The topological polar surface area (TPSA) is 37.8 Å². The first kappa shape index (κ1) is 14.2. The fourth-order valence-corrected chi connectivity index (χ4v) is 3.15. The number of fused-ring (bicyclic) bond motifs is 1. The molecule has 0 bridgehead atoms. The van der Waals surface area contributed by atoms with Crippen LogP contribution < -0.4 is 5.32 Å². The van der Waals surface area contributed by atoms with Gasteiger partial charge in [0.15, 0.2) is 0 Å². The maximum Gasteiger partial charge on any atom is 0.125 e. The zero-order valence-corrected chi connectivity index (χ0v) is 12.8. The van der Waals surface area contributed by atoms with Crippen molar-refractivity contribution in [2.75, 3.05) is 6.54 Å². The van der Waals surface area contributed by atoms with Crippen molar-refractivity contribution in [1.29, 1.82) is 0 Å². The number of aryl methyl sites for hydroxylation is 1. The van der Waals surface area contributed by atoms with Crippen LogP contribution in [0.25, 0.3) is 0 Å². The van der Waals surface area contributed by atoms with Crippen LogP contribution in [0.2, 0.25) is 0 Å². The minimum atomic E-state index is 0.324. The second kappa shape index (κ2) is 6.35. The molecule has 3 rings (SSSR count). The first-order valence-electron chi connectivity index (χ1n) is 7.88. The second-order valence-electron chi connectivity index (χ2n) is 5.87. The first-order chi connectivity index (χ1) is 10.3.